The predicted molar refractivity (Wildman–Crippen MR) is 101 cm³/mol. The van der Waals surface area contributed by atoms with Crippen molar-refractivity contribution in [1.82, 2.24) is 15.1 Å². The van der Waals surface area contributed by atoms with Crippen molar-refractivity contribution >= 4 is 11.8 Å². The molecule has 1 saturated carbocycles. The van der Waals surface area contributed by atoms with Crippen molar-refractivity contribution in [3.8, 4) is 0 Å². The molecule has 140 valence electrons. The molecule has 5 heteroatoms. The number of nitrogens with zero attached hydrogens (tertiary/aromatic N) is 2. The van der Waals surface area contributed by atoms with Crippen LogP contribution in [0.15, 0.2) is 30.3 Å². The molecule has 4 rings (SSSR count). The fourth-order valence-corrected chi connectivity index (χ4v) is 4.18. The Balaban J connectivity index is 1.32. The van der Waals surface area contributed by atoms with Crippen LogP contribution >= 0.6 is 0 Å². The number of nitrogens with one attached hydrogen (secondary N) is 1. The highest BCUT2D eigenvalue weighted by atomic mass is 16.2. The fraction of sp³-hybridized carbons (Fsp3) is 0.619. The molecule has 0 radical (unpaired) electrons. The molecule has 1 unspecified atom stereocenters. The van der Waals surface area contributed by atoms with Crippen molar-refractivity contribution in [2.24, 2.45) is 5.92 Å². The molecule has 1 aromatic carbocycles. The topological polar surface area (TPSA) is 52.7 Å². The van der Waals surface area contributed by atoms with Gasteiger partial charge >= 0.3 is 0 Å². The molecule has 1 atom stereocenters. The summed E-state index contributed by atoms with van der Waals surface area (Å²) in [6, 6.07) is 9.59. The van der Waals surface area contributed by atoms with Gasteiger partial charge in [0, 0.05) is 31.2 Å². The number of rotatable bonds is 5. The van der Waals surface area contributed by atoms with E-state index in [0.29, 0.717) is 18.2 Å². The standard InChI is InChI=1S/C21H29N3O2/c25-20(17-5-2-1-3-6-17)24-12-4-7-19(24)21(26)23-13-10-18(11-14-23)22-15-16-8-9-16/h1-3,5-6,16,18-19,22H,4,7-15H2. The van der Waals surface area contributed by atoms with Crippen molar-refractivity contribution < 1.29 is 9.59 Å². The normalized spacial score (nSPS) is 24.1. The van der Waals surface area contributed by atoms with E-state index in [2.05, 4.69) is 5.32 Å². The van der Waals surface area contributed by atoms with Gasteiger partial charge in [0.1, 0.15) is 6.04 Å². The van der Waals surface area contributed by atoms with E-state index in [1.54, 1.807) is 4.90 Å². The maximum absolute atomic E-state index is 13.0. The maximum atomic E-state index is 13.0. The van der Waals surface area contributed by atoms with E-state index in [1.165, 1.54) is 12.8 Å². The lowest BCUT2D eigenvalue weighted by Crippen LogP contribution is -2.52. The van der Waals surface area contributed by atoms with E-state index in [9.17, 15) is 9.59 Å². The lowest BCUT2D eigenvalue weighted by Gasteiger charge is -2.36. The SMILES string of the molecule is O=C(C1CCCN1C(=O)c1ccccc1)N1CCC(NCC2CC2)CC1. The molecule has 26 heavy (non-hydrogen) atoms. The molecule has 2 aliphatic heterocycles. The molecule has 5 nitrogen and oxygen atoms in total. The summed E-state index contributed by atoms with van der Waals surface area (Å²) < 4.78 is 0. The first-order valence-electron chi connectivity index (χ1n) is 10.1. The van der Waals surface area contributed by atoms with Gasteiger partial charge in [-0.2, -0.15) is 0 Å². The Kier molecular flexibility index (Phi) is 5.25. The number of piperidine rings is 1. The van der Waals surface area contributed by atoms with E-state index < -0.39 is 0 Å². The minimum Gasteiger partial charge on any atom is -0.341 e. The summed E-state index contributed by atoms with van der Waals surface area (Å²) >= 11 is 0. The molecule has 0 aromatic heterocycles. The van der Waals surface area contributed by atoms with Crippen molar-refractivity contribution in [3.63, 3.8) is 0 Å². The van der Waals surface area contributed by atoms with Crippen LogP contribution in [0, 0.1) is 5.92 Å². The Morgan fingerprint density at radius 1 is 0.962 bits per heavy atom. The second-order valence-electron chi connectivity index (χ2n) is 7.97. The lowest BCUT2D eigenvalue weighted by molar-refractivity contribution is -0.136. The first-order chi connectivity index (χ1) is 12.7. The van der Waals surface area contributed by atoms with Crippen LogP contribution in [0.3, 0.4) is 0 Å². The van der Waals surface area contributed by atoms with Gasteiger partial charge in [-0.25, -0.2) is 0 Å². The highest BCUT2D eigenvalue weighted by molar-refractivity contribution is 5.97. The van der Waals surface area contributed by atoms with Gasteiger partial charge in [-0.15, -0.1) is 0 Å². The van der Waals surface area contributed by atoms with Crippen molar-refractivity contribution in [2.45, 2.75) is 50.6 Å². The first kappa shape index (κ1) is 17.5. The predicted octanol–water partition coefficient (Wildman–Crippen LogP) is 2.28. The summed E-state index contributed by atoms with van der Waals surface area (Å²) in [4.78, 5) is 29.6. The summed E-state index contributed by atoms with van der Waals surface area (Å²) in [7, 11) is 0. The van der Waals surface area contributed by atoms with Crippen LogP contribution in [-0.2, 0) is 4.79 Å². The van der Waals surface area contributed by atoms with Crippen LogP contribution in [0.1, 0.15) is 48.9 Å². The van der Waals surface area contributed by atoms with Crippen molar-refractivity contribution in [1.29, 1.82) is 0 Å². The van der Waals surface area contributed by atoms with Gasteiger partial charge in [0.25, 0.3) is 5.91 Å². The highest BCUT2D eigenvalue weighted by Gasteiger charge is 2.37. The number of carbonyl (C=O) groups is 2. The van der Waals surface area contributed by atoms with Crippen molar-refractivity contribution in [2.75, 3.05) is 26.2 Å². The summed E-state index contributed by atoms with van der Waals surface area (Å²) in [5, 5.41) is 3.66. The van der Waals surface area contributed by atoms with Gasteiger partial charge in [-0.3, -0.25) is 9.59 Å². The Morgan fingerprint density at radius 3 is 2.38 bits per heavy atom. The molecule has 1 aromatic rings. The second kappa shape index (κ2) is 7.78. The van der Waals surface area contributed by atoms with Crippen LogP contribution < -0.4 is 5.32 Å². The number of likely N-dealkylation sites (tertiary alicyclic amines) is 2. The smallest absolute Gasteiger partial charge is 0.254 e. The van der Waals surface area contributed by atoms with Crippen LogP contribution in [-0.4, -0.2) is 59.9 Å². The summed E-state index contributed by atoms with van der Waals surface area (Å²) in [6.07, 6.45) is 6.50. The average molecular weight is 355 g/mol. The van der Waals surface area contributed by atoms with Gasteiger partial charge in [-0.05, 0) is 63.1 Å². The lowest BCUT2D eigenvalue weighted by atomic mass is 10.0. The van der Waals surface area contributed by atoms with E-state index in [0.717, 1.165) is 51.2 Å². The first-order valence-corrected chi connectivity index (χ1v) is 10.1. The Bertz CT molecular complexity index is 636. The molecule has 3 aliphatic rings. The molecule has 2 saturated heterocycles. The molecule has 1 N–H and O–H groups in total. The third-order valence-electron chi connectivity index (χ3n) is 6.02. The second-order valence-corrected chi connectivity index (χ2v) is 7.97. The Hall–Kier alpha value is -1.88. The third kappa shape index (κ3) is 3.93. The minimum absolute atomic E-state index is 0.0116. The molecule has 2 amide bonds. The number of amides is 2. The van der Waals surface area contributed by atoms with Gasteiger partial charge in [0.2, 0.25) is 5.91 Å². The van der Waals surface area contributed by atoms with Crippen molar-refractivity contribution in [3.05, 3.63) is 35.9 Å². The fourth-order valence-electron chi connectivity index (χ4n) is 4.18. The highest BCUT2D eigenvalue weighted by Crippen LogP contribution is 2.28. The van der Waals surface area contributed by atoms with E-state index in [4.69, 9.17) is 0 Å². The summed E-state index contributed by atoms with van der Waals surface area (Å²) in [5.74, 6) is 1.03. The molecular weight excluding hydrogens is 326 g/mol. The zero-order chi connectivity index (χ0) is 17.9. The van der Waals surface area contributed by atoms with E-state index in [-0.39, 0.29) is 17.9 Å². The summed E-state index contributed by atoms with van der Waals surface area (Å²) in [5.41, 5.74) is 0.676. The van der Waals surface area contributed by atoms with Gasteiger partial charge in [-0.1, -0.05) is 18.2 Å². The third-order valence-corrected chi connectivity index (χ3v) is 6.02. The number of hydrogen-bond donors (Lipinski definition) is 1. The van der Waals surface area contributed by atoms with Gasteiger partial charge < -0.3 is 15.1 Å². The molecule has 0 spiro atoms. The zero-order valence-corrected chi connectivity index (χ0v) is 15.4. The summed E-state index contributed by atoms with van der Waals surface area (Å²) in [6.45, 7) is 3.44. The van der Waals surface area contributed by atoms with Gasteiger partial charge in [0.15, 0.2) is 0 Å². The average Bonchev–Trinajstić information content (AvgIpc) is 3.40. The molecule has 1 aliphatic carbocycles. The minimum atomic E-state index is -0.279. The van der Waals surface area contributed by atoms with Gasteiger partial charge in [0.05, 0.1) is 0 Å². The van der Waals surface area contributed by atoms with Crippen LogP contribution in [0.5, 0.6) is 0 Å². The number of benzene rings is 1. The quantitative estimate of drug-likeness (QED) is 0.882. The van der Waals surface area contributed by atoms with Crippen LogP contribution in [0.4, 0.5) is 0 Å². The van der Waals surface area contributed by atoms with E-state index >= 15 is 0 Å². The molecule has 0 bridgehead atoms. The van der Waals surface area contributed by atoms with E-state index in [1.807, 2.05) is 35.2 Å². The molecule has 2 heterocycles. The van der Waals surface area contributed by atoms with Crippen LogP contribution in [0.2, 0.25) is 0 Å². The largest absolute Gasteiger partial charge is 0.341 e. The molecular formula is C21H29N3O2. The maximum Gasteiger partial charge on any atom is 0.254 e. The zero-order valence-electron chi connectivity index (χ0n) is 15.4. The number of hydrogen-bond acceptors (Lipinski definition) is 3. The monoisotopic (exact) mass is 355 g/mol. The number of carbonyl (C=O) groups excluding carboxylic acids is 2. The van der Waals surface area contributed by atoms with Crippen LogP contribution in [0.25, 0.3) is 0 Å². The molecule has 3 fully saturated rings. The Morgan fingerprint density at radius 2 is 1.69 bits per heavy atom. The Labute approximate surface area is 155 Å².